The molecule has 1 aliphatic rings. The number of carbonyl (C=O) groups is 2. The van der Waals surface area contributed by atoms with E-state index < -0.39 is 44.4 Å². The molecule has 0 radical (unpaired) electrons. The molecule has 2 amide bonds. The van der Waals surface area contributed by atoms with E-state index in [2.05, 4.69) is 25.0 Å². The van der Waals surface area contributed by atoms with Gasteiger partial charge in [-0.1, -0.05) is 35.1 Å². The molecule has 1 aliphatic heterocycles. The molecule has 17 heteroatoms. The van der Waals surface area contributed by atoms with Crippen LogP contribution in [0.1, 0.15) is 41.5 Å². The van der Waals surface area contributed by atoms with E-state index in [0.717, 1.165) is 0 Å². The molecule has 1 saturated heterocycles. The van der Waals surface area contributed by atoms with Crippen molar-refractivity contribution in [2.75, 3.05) is 43.4 Å². The Kier molecular flexibility index (Phi) is 9.27. The van der Waals surface area contributed by atoms with E-state index >= 15 is 4.39 Å². The average Bonchev–Trinajstić information content (AvgIpc) is 3.38. The molecular formula is C30H35ClFN7O6S2. The lowest BCUT2D eigenvalue weighted by Gasteiger charge is -2.36. The van der Waals surface area contributed by atoms with Crippen LogP contribution in [0.25, 0.3) is 32.2 Å². The number of hydrogen-bond acceptors (Lipinski definition) is 11. The first-order valence-electron chi connectivity index (χ1n) is 14.6. The Morgan fingerprint density at radius 3 is 2.26 bits per heavy atom. The highest BCUT2D eigenvalue weighted by Crippen LogP contribution is 2.42. The second kappa shape index (κ2) is 12.6. The minimum Gasteiger partial charge on any atom is -0.444 e. The number of carbonyl (C=O) groups excluding carboxylic acids is 2. The summed E-state index contributed by atoms with van der Waals surface area (Å²) in [4.78, 5) is 41.3. The predicted molar refractivity (Wildman–Crippen MR) is 179 cm³/mol. The summed E-state index contributed by atoms with van der Waals surface area (Å²) in [5, 5.41) is 2.42. The number of nitrogens with one attached hydrogen (secondary N) is 2. The van der Waals surface area contributed by atoms with Gasteiger partial charge in [0.1, 0.15) is 22.5 Å². The summed E-state index contributed by atoms with van der Waals surface area (Å²) < 4.78 is 56.1. The fourth-order valence-electron chi connectivity index (χ4n) is 4.88. The Labute approximate surface area is 280 Å². The summed E-state index contributed by atoms with van der Waals surface area (Å²) in [6.45, 7) is 11.6. The Balaban J connectivity index is 1.58. The zero-order valence-electron chi connectivity index (χ0n) is 26.9. The molecule has 0 unspecified atom stereocenters. The molecule has 4 aromatic rings. The Hall–Kier alpha value is -3.86. The Morgan fingerprint density at radius 2 is 1.64 bits per heavy atom. The number of fused-ring (bicyclic) bond motifs is 2. The van der Waals surface area contributed by atoms with E-state index in [1.54, 1.807) is 69.5 Å². The molecule has 0 spiro atoms. The third-order valence-electron chi connectivity index (χ3n) is 6.88. The van der Waals surface area contributed by atoms with Gasteiger partial charge >= 0.3 is 12.2 Å². The summed E-state index contributed by atoms with van der Waals surface area (Å²) in [7, 11) is -3.00. The zero-order valence-corrected chi connectivity index (χ0v) is 29.3. The van der Waals surface area contributed by atoms with Crippen LogP contribution < -0.4 is 14.9 Å². The number of sulfonamides is 1. The SMILES string of the molecule is CNS(=O)(=O)c1nc(N2CCN(C(=O)OC(C)(C)C)CC2)c2cc(Cl)c(-c3cccc4sc(NC(=O)OC(C)(C)C)nc34)c(F)c2n1. The number of anilines is 2. The van der Waals surface area contributed by atoms with Crippen LogP contribution >= 0.6 is 22.9 Å². The van der Waals surface area contributed by atoms with E-state index in [-0.39, 0.29) is 58.6 Å². The van der Waals surface area contributed by atoms with Crippen LogP contribution in [0.4, 0.5) is 24.9 Å². The minimum atomic E-state index is -4.20. The number of amides is 2. The van der Waals surface area contributed by atoms with Gasteiger partial charge in [-0.3, -0.25) is 5.32 Å². The van der Waals surface area contributed by atoms with E-state index in [9.17, 15) is 18.0 Å². The van der Waals surface area contributed by atoms with Crippen LogP contribution in [0.15, 0.2) is 29.4 Å². The summed E-state index contributed by atoms with van der Waals surface area (Å²) in [6, 6.07) is 6.57. The van der Waals surface area contributed by atoms with Crippen molar-refractivity contribution in [3.63, 3.8) is 0 Å². The first kappa shape index (κ1) is 34.5. The molecule has 13 nitrogen and oxygen atoms in total. The largest absolute Gasteiger partial charge is 0.444 e. The number of halogens is 2. The summed E-state index contributed by atoms with van der Waals surface area (Å²) in [5.74, 6) is -0.728. The molecule has 2 aromatic carbocycles. The number of nitrogens with zero attached hydrogens (tertiary/aromatic N) is 5. The van der Waals surface area contributed by atoms with Gasteiger partial charge in [-0.2, -0.15) is 4.98 Å². The molecule has 0 atom stereocenters. The molecule has 5 rings (SSSR count). The quantitative estimate of drug-likeness (QED) is 0.236. The van der Waals surface area contributed by atoms with Gasteiger partial charge in [-0.05, 0) is 60.7 Å². The fourth-order valence-corrected chi connectivity index (χ4v) is 6.65. The van der Waals surface area contributed by atoms with Crippen LogP contribution in [-0.4, -0.2) is 84.9 Å². The van der Waals surface area contributed by atoms with Gasteiger partial charge in [0.05, 0.1) is 15.2 Å². The number of piperazine rings is 1. The molecule has 0 bridgehead atoms. The van der Waals surface area contributed by atoms with Gasteiger partial charge in [0.15, 0.2) is 10.9 Å². The van der Waals surface area contributed by atoms with Gasteiger partial charge < -0.3 is 19.3 Å². The highest BCUT2D eigenvalue weighted by Gasteiger charge is 2.31. The summed E-state index contributed by atoms with van der Waals surface area (Å²) in [5.41, 5.74) is -1.04. The van der Waals surface area contributed by atoms with Crippen LogP contribution in [-0.2, 0) is 19.5 Å². The van der Waals surface area contributed by atoms with E-state index in [1.165, 1.54) is 24.5 Å². The highest BCUT2D eigenvalue weighted by atomic mass is 35.5. The lowest BCUT2D eigenvalue weighted by atomic mass is 10.0. The number of rotatable bonds is 5. The van der Waals surface area contributed by atoms with Crippen molar-refractivity contribution in [3.8, 4) is 11.1 Å². The van der Waals surface area contributed by atoms with Gasteiger partial charge in [-0.15, -0.1) is 0 Å². The van der Waals surface area contributed by atoms with E-state index in [4.69, 9.17) is 21.1 Å². The van der Waals surface area contributed by atoms with Crippen molar-refractivity contribution in [1.82, 2.24) is 24.6 Å². The van der Waals surface area contributed by atoms with Crippen molar-refractivity contribution in [2.45, 2.75) is 57.9 Å². The van der Waals surface area contributed by atoms with Crippen LogP contribution in [0.3, 0.4) is 0 Å². The average molecular weight is 708 g/mol. The molecule has 2 N–H and O–H groups in total. The van der Waals surface area contributed by atoms with E-state index in [1.807, 2.05) is 0 Å². The summed E-state index contributed by atoms with van der Waals surface area (Å²) in [6.07, 6.45) is -1.16. The van der Waals surface area contributed by atoms with Crippen molar-refractivity contribution in [1.29, 1.82) is 0 Å². The molecule has 2 aromatic heterocycles. The van der Waals surface area contributed by atoms with Gasteiger partial charge in [0.2, 0.25) is 0 Å². The van der Waals surface area contributed by atoms with Crippen molar-refractivity contribution >= 4 is 77.2 Å². The van der Waals surface area contributed by atoms with E-state index in [0.29, 0.717) is 15.8 Å². The lowest BCUT2D eigenvalue weighted by molar-refractivity contribution is 0.0240. The standard InChI is InChI=1S/C30H35ClFN7O6S2/c1-29(2,3)44-27(40)37-25-34-22-16(9-8-10-19(22)46-25)20-18(31)15-17-23(21(20)32)35-26(47(42,43)33-7)36-24(17)38-11-13-39(14-12-38)28(41)45-30(4,5)6/h8-10,15,33H,11-14H2,1-7H3,(H,34,37,40). The Bertz CT molecular complexity index is 1980. The molecule has 0 aliphatic carbocycles. The number of aromatic nitrogens is 3. The van der Waals surface area contributed by atoms with Crippen molar-refractivity contribution in [3.05, 3.63) is 35.1 Å². The minimum absolute atomic E-state index is 0.0126. The van der Waals surface area contributed by atoms with Crippen LogP contribution in [0, 0.1) is 5.82 Å². The maximum absolute atomic E-state index is 16.7. The lowest BCUT2D eigenvalue weighted by Crippen LogP contribution is -2.50. The molecule has 3 heterocycles. The number of benzene rings is 2. The Morgan fingerprint density at radius 1 is 0.979 bits per heavy atom. The molecule has 0 saturated carbocycles. The topological polar surface area (TPSA) is 156 Å². The molecule has 1 fully saturated rings. The maximum Gasteiger partial charge on any atom is 0.413 e. The second-order valence-electron chi connectivity index (χ2n) is 12.7. The van der Waals surface area contributed by atoms with Gasteiger partial charge in [0, 0.05) is 42.7 Å². The van der Waals surface area contributed by atoms with Crippen molar-refractivity contribution < 1.29 is 31.9 Å². The van der Waals surface area contributed by atoms with Gasteiger partial charge in [-0.25, -0.2) is 37.1 Å². The predicted octanol–water partition coefficient (Wildman–Crippen LogP) is 6.01. The third-order valence-corrected chi connectivity index (χ3v) is 9.31. The monoisotopic (exact) mass is 707 g/mol. The smallest absolute Gasteiger partial charge is 0.413 e. The first-order valence-corrected chi connectivity index (χ1v) is 17.3. The zero-order chi connectivity index (χ0) is 34.5. The maximum atomic E-state index is 16.7. The molecule has 47 heavy (non-hydrogen) atoms. The molecule has 252 valence electrons. The second-order valence-corrected chi connectivity index (χ2v) is 16.0. The highest BCUT2D eigenvalue weighted by molar-refractivity contribution is 7.89. The number of ether oxygens (including phenoxy) is 2. The number of para-hydroxylation sites is 1. The number of thiazole rings is 1. The molecular weight excluding hydrogens is 673 g/mol. The first-order chi connectivity index (χ1) is 21.9. The normalized spacial score (nSPS) is 14.5. The fraction of sp³-hybridized carbons (Fsp3) is 0.433. The summed E-state index contributed by atoms with van der Waals surface area (Å²) >= 11 is 7.94. The van der Waals surface area contributed by atoms with Crippen LogP contribution in [0.2, 0.25) is 5.02 Å². The van der Waals surface area contributed by atoms with Crippen molar-refractivity contribution in [2.24, 2.45) is 0 Å². The third kappa shape index (κ3) is 7.50. The number of hydrogen-bond donors (Lipinski definition) is 2. The van der Waals surface area contributed by atoms with Gasteiger partial charge in [0.25, 0.3) is 15.2 Å². The van der Waals surface area contributed by atoms with Crippen LogP contribution in [0.5, 0.6) is 0 Å².